The van der Waals surface area contributed by atoms with Crippen molar-refractivity contribution in [3.8, 4) is 11.5 Å². The molecule has 1 aliphatic heterocycles. The summed E-state index contributed by atoms with van der Waals surface area (Å²) in [5, 5.41) is 11.8. The molecule has 4 nitrogen and oxygen atoms in total. The van der Waals surface area contributed by atoms with E-state index in [0.29, 0.717) is 0 Å². The van der Waals surface area contributed by atoms with Crippen LogP contribution in [0.5, 0.6) is 11.5 Å². The molecule has 0 fully saturated rings. The highest BCUT2D eigenvalue weighted by atomic mass is 19.2. The van der Waals surface area contributed by atoms with E-state index in [1.54, 1.807) is 6.07 Å². The molecule has 0 saturated heterocycles. The topological polar surface area (TPSA) is 58.6 Å². The largest absolute Gasteiger partial charge is 0.478 e. The van der Waals surface area contributed by atoms with Crippen LogP contribution < -0.4 is 10.1 Å². The van der Waals surface area contributed by atoms with Crippen LogP contribution in [0.2, 0.25) is 0 Å². The molecule has 0 aromatic heterocycles. The maximum absolute atomic E-state index is 13.2. The first-order valence-corrected chi connectivity index (χ1v) is 5.36. The van der Waals surface area contributed by atoms with Gasteiger partial charge >= 0.3 is 5.97 Å². The second-order valence-electron chi connectivity index (χ2n) is 3.97. The Bertz CT molecular complexity index is 701. The minimum absolute atomic E-state index is 0.00659. The van der Waals surface area contributed by atoms with Gasteiger partial charge in [0.25, 0.3) is 0 Å². The van der Waals surface area contributed by atoms with E-state index in [1.165, 1.54) is 12.1 Å². The first-order chi connectivity index (χ1) is 9.06. The van der Waals surface area contributed by atoms with E-state index >= 15 is 0 Å². The van der Waals surface area contributed by atoms with Gasteiger partial charge in [0.05, 0.1) is 16.9 Å². The van der Waals surface area contributed by atoms with Gasteiger partial charge < -0.3 is 15.2 Å². The second kappa shape index (κ2) is 3.94. The Morgan fingerprint density at radius 2 is 1.89 bits per heavy atom. The summed E-state index contributed by atoms with van der Waals surface area (Å²) in [6, 6.07) is 6.27. The number of benzene rings is 2. The molecule has 1 heterocycles. The summed E-state index contributed by atoms with van der Waals surface area (Å²) >= 11 is 0. The molecule has 0 unspecified atom stereocenters. The van der Waals surface area contributed by atoms with E-state index in [4.69, 9.17) is 9.84 Å². The van der Waals surface area contributed by atoms with Crippen LogP contribution in [0.1, 0.15) is 10.4 Å². The zero-order chi connectivity index (χ0) is 13.6. The SMILES string of the molecule is O=C(O)c1cccc2c1Nc1cc(F)c(F)cc1O2. The Kier molecular flexibility index (Phi) is 2.38. The highest BCUT2D eigenvalue weighted by Crippen LogP contribution is 2.44. The molecule has 0 saturated carbocycles. The minimum Gasteiger partial charge on any atom is -0.478 e. The monoisotopic (exact) mass is 263 g/mol. The molecular formula is C13H7F2NO3. The number of carboxylic acids is 1. The lowest BCUT2D eigenvalue weighted by Crippen LogP contribution is -2.09. The molecule has 0 bridgehead atoms. The fourth-order valence-electron chi connectivity index (χ4n) is 1.89. The number of aromatic carboxylic acids is 1. The number of fused-ring (bicyclic) bond motifs is 2. The standard InChI is InChI=1S/C13H7F2NO3/c14-7-4-9-11(5-8(7)15)19-10-3-1-2-6(13(17)18)12(10)16-9/h1-5,16H,(H,17,18). The highest BCUT2D eigenvalue weighted by molar-refractivity contribution is 5.98. The van der Waals surface area contributed by atoms with Gasteiger partial charge in [-0.25, -0.2) is 13.6 Å². The quantitative estimate of drug-likeness (QED) is 0.705. The lowest BCUT2D eigenvalue weighted by molar-refractivity contribution is 0.0697. The number of halogens is 2. The third kappa shape index (κ3) is 1.77. The second-order valence-corrected chi connectivity index (χ2v) is 3.97. The van der Waals surface area contributed by atoms with Gasteiger partial charge in [0.1, 0.15) is 0 Å². The van der Waals surface area contributed by atoms with Crippen LogP contribution in [0, 0.1) is 11.6 Å². The summed E-state index contributed by atoms with van der Waals surface area (Å²) < 4.78 is 31.6. The first-order valence-electron chi connectivity index (χ1n) is 5.36. The van der Waals surface area contributed by atoms with Crippen LogP contribution in [0.15, 0.2) is 30.3 Å². The number of carboxylic acid groups (broad SMARTS) is 1. The van der Waals surface area contributed by atoms with Crippen molar-refractivity contribution >= 4 is 17.3 Å². The summed E-state index contributed by atoms with van der Waals surface area (Å²) in [7, 11) is 0. The van der Waals surface area contributed by atoms with Crippen molar-refractivity contribution in [2.45, 2.75) is 0 Å². The van der Waals surface area contributed by atoms with Crippen molar-refractivity contribution in [3.05, 3.63) is 47.5 Å². The molecule has 19 heavy (non-hydrogen) atoms. The van der Waals surface area contributed by atoms with E-state index in [1.807, 2.05) is 0 Å². The highest BCUT2D eigenvalue weighted by Gasteiger charge is 2.23. The van der Waals surface area contributed by atoms with Crippen molar-refractivity contribution in [3.63, 3.8) is 0 Å². The average molecular weight is 263 g/mol. The van der Waals surface area contributed by atoms with E-state index in [2.05, 4.69) is 5.32 Å². The van der Waals surface area contributed by atoms with Crippen LogP contribution in [-0.4, -0.2) is 11.1 Å². The lowest BCUT2D eigenvalue weighted by atomic mass is 10.1. The van der Waals surface area contributed by atoms with Gasteiger partial charge in [0.15, 0.2) is 23.1 Å². The number of hydrogen-bond donors (Lipinski definition) is 2. The average Bonchev–Trinajstić information content (AvgIpc) is 2.37. The van der Waals surface area contributed by atoms with Crippen LogP contribution in [0.3, 0.4) is 0 Å². The number of anilines is 2. The van der Waals surface area contributed by atoms with Gasteiger partial charge in [-0.2, -0.15) is 0 Å². The van der Waals surface area contributed by atoms with Crippen molar-refractivity contribution in [2.24, 2.45) is 0 Å². The summed E-state index contributed by atoms with van der Waals surface area (Å²) in [5.74, 6) is -2.85. The zero-order valence-electron chi connectivity index (χ0n) is 9.41. The summed E-state index contributed by atoms with van der Waals surface area (Å²) in [6.07, 6.45) is 0. The molecule has 0 amide bonds. The molecule has 0 atom stereocenters. The van der Waals surface area contributed by atoms with E-state index < -0.39 is 17.6 Å². The summed E-state index contributed by atoms with van der Waals surface area (Å²) in [6.45, 7) is 0. The number of rotatable bonds is 1. The molecule has 6 heteroatoms. The molecule has 2 aromatic rings. The predicted octanol–water partition coefficient (Wildman–Crippen LogP) is 3.51. The predicted molar refractivity (Wildman–Crippen MR) is 63.1 cm³/mol. The fraction of sp³-hybridized carbons (Fsp3) is 0. The third-order valence-electron chi connectivity index (χ3n) is 2.76. The van der Waals surface area contributed by atoms with Crippen LogP contribution in [0.25, 0.3) is 0 Å². The van der Waals surface area contributed by atoms with Crippen molar-refractivity contribution in [1.82, 2.24) is 0 Å². The third-order valence-corrected chi connectivity index (χ3v) is 2.76. The van der Waals surface area contributed by atoms with Gasteiger partial charge in [-0.3, -0.25) is 0 Å². The fourth-order valence-corrected chi connectivity index (χ4v) is 1.89. The number of carbonyl (C=O) groups is 1. The Labute approximate surface area is 106 Å². The summed E-state index contributed by atoms with van der Waals surface area (Å²) in [5.41, 5.74) is 0.390. The molecule has 96 valence electrons. The summed E-state index contributed by atoms with van der Waals surface area (Å²) in [4.78, 5) is 11.1. The van der Waals surface area contributed by atoms with E-state index in [-0.39, 0.29) is 28.4 Å². The number of ether oxygens (including phenoxy) is 1. The maximum Gasteiger partial charge on any atom is 0.337 e. The van der Waals surface area contributed by atoms with Gasteiger partial charge in [0, 0.05) is 12.1 Å². The Hall–Kier alpha value is -2.63. The lowest BCUT2D eigenvalue weighted by Gasteiger charge is -2.23. The Morgan fingerprint density at radius 3 is 2.63 bits per heavy atom. The van der Waals surface area contributed by atoms with Crippen LogP contribution >= 0.6 is 0 Å². The Balaban J connectivity index is 2.14. The van der Waals surface area contributed by atoms with E-state index in [9.17, 15) is 13.6 Å². The van der Waals surface area contributed by atoms with Crippen molar-refractivity contribution in [2.75, 3.05) is 5.32 Å². The smallest absolute Gasteiger partial charge is 0.337 e. The Morgan fingerprint density at radius 1 is 1.16 bits per heavy atom. The first kappa shape index (κ1) is 11.5. The molecule has 3 rings (SSSR count). The normalized spacial score (nSPS) is 11.9. The van der Waals surface area contributed by atoms with Gasteiger partial charge in [-0.15, -0.1) is 0 Å². The van der Waals surface area contributed by atoms with E-state index in [0.717, 1.165) is 12.1 Å². The van der Waals surface area contributed by atoms with Crippen LogP contribution in [-0.2, 0) is 0 Å². The number of para-hydroxylation sites is 1. The molecule has 0 radical (unpaired) electrons. The van der Waals surface area contributed by atoms with Crippen molar-refractivity contribution in [1.29, 1.82) is 0 Å². The van der Waals surface area contributed by atoms with Gasteiger partial charge in [-0.05, 0) is 12.1 Å². The minimum atomic E-state index is -1.14. The zero-order valence-corrected chi connectivity index (χ0v) is 9.41. The van der Waals surface area contributed by atoms with Gasteiger partial charge in [0.2, 0.25) is 0 Å². The molecule has 0 aliphatic carbocycles. The maximum atomic E-state index is 13.2. The molecule has 2 N–H and O–H groups in total. The van der Waals surface area contributed by atoms with Gasteiger partial charge in [-0.1, -0.05) is 6.07 Å². The number of hydrogen-bond acceptors (Lipinski definition) is 3. The van der Waals surface area contributed by atoms with Crippen molar-refractivity contribution < 1.29 is 23.4 Å². The molecule has 0 spiro atoms. The molecular weight excluding hydrogens is 256 g/mol. The molecule has 2 aromatic carbocycles. The number of nitrogens with one attached hydrogen (secondary N) is 1. The molecule has 1 aliphatic rings. The van der Waals surface area contributed by atoms with Crippen LogP contribution in [0.4, 0.5) is 20.2 Å².